The third-order valence-electron chi connectivity index (χ3n) is 3.80. The minimum Gasteiger partial charge on any atom is -0.453 e. The van der Waals surface area contributed by atoms with Gasteiger partial charge in [0.15, 0.2) is 17.5 Å². The van der Waals surface area contributed by atoms with Gasteiger partial charge in [-0.3, -0.25) is 9.59 Å². The lowest BCUT2D eigenvalue weighted by Gasteiger charge is -2.07. The van der Waals surface area contributed by atoms with E-state index >= 15 is 0 Å². The van der Waals surface area contributed by atoms with Crippen molar-refractivity contribution in [2.75, 3.05) is 0 Å². The maximum absolute atomic E-state index is 12.7. The molecule has 0 fully saturated rings. The number of hydrogen-bond acceptors (Lipinski definition) is 3. The van der Waals surface area contributed by atoms with Gasteiger partial charge in [-0.15, -0.1) is 0 Å². The fraction of sp³-hybridized carbons (Fsp3) is 0. The van der Waals surface area contributed by atoms with Crippen LogP contribution in [-0.2, 0) is 0 Å². The first-order valence-corrected chi connectivity index (χ1v) is 7.35. The number of H-pyrrole nitrogens is 1. The number of aromatic nitrogens is 1. The van der Waals surface area contributed by atoms with Crippen LogP contribution in [0.3, 0.4) is 0 Å². The van der Waals surface area contributed by atoms with Crippen LogP contribution in [0.5, 0.6) is 0 Å². The Balaban J connectivity index is 2.11. The summed E-state index contributed by atoms with van der Waals surface area (Å²) in [6.07, 6.45) is 0.648. The molecule has 0 aliphatic rings. The van der Waals surface area contributed by atoms with Crippen molar-refractivity contribution in [1.82, 2.24) is 4.98 Å². The van der Waals surface area contributed by atoms with Crippen LogP contribution in [0.2, 0.25) is 5.02 Å². The van der Waals surface area contributed by atoms with E-state index in [4.69, 9.17) is 16.0 Å². The molecular formula is C18H10ClNO3. The summed E-state index contributed by atoms with van der Waals surface area (Å²) in [6, 6.07) is 13.8. The number of halogens is 1. The molecule has 0 aliphatic heterocycles. The van der Waals surface area contributed by atoms with E-state index in [1.807, 2.05) is 6.07 Å². The molecule has 2 heterocycles. The SMILES string of the molecule is O=Cc1ccc(-c2cccc3c(=O)c4cc(Cl)ccc4[nH]c23)o1. The van der Waals surface area contributed by atoms with Gasteiger partial charge < -0.3 is 9.40 Å². The van der Waals surface area contributed by atoms with Crippen molar-refractivity contribution < 1.29 is 9.21 Å². The van der Waals surface area contributed by atoms with Crippen LogP contribution in [-0.4, -0.2) is 11.3 Å². The van der Waals surface area contributed by atoms with Crippen LogP contribution in [0.15, 0.2) is 57.7 Å². The zero-order chi connectivity index (χ0) is 16.0. The molecule has 0 amide bonds. The smallest absolute Gasteiger partial charge is 0.197 e. The average molecular weight is 324 g/mol. The van der Waals surface area contributed by atoms with Crippen LogP contribution in [0.4, 0.5) is 0 Å². The van der Waals surface area contributed by atoms with Crippen LogP contribution in [0.1, 0.15) is 10.6 Å². The van der Waals surface area contributed by atoms with E-state index < -0.39 is 0 Å². The largest absolute Gasteiger partial charge is 0.453 e. The van der Waals surface area contributed by atoms with Crippen molar-refractivity contribution in [2.45, 2.75) is 0 Å². The summed E-state index contributed by atoms with van der Waals surface area (Å²) >= 11 is 5.99. The second-order valence-electron chi connectivity index (χ2n) is 5.19. The molecule has 2 aromatic carbocycles. The molecule has 4 nitrogen and oxygen atoms in total. The Kier molecular flexibility index (Phi) is 3.06. The standard InChI is InChI=1S/C18H10ClNO3/c19-10-4-6-15-14(8-10)18(22)13-3-1-2-12(17(13)20-15)16-7-5-11(9-21)23-16/h1-9H,(H,20,22). The summed E-state index contributed by atoms with van der Waals surface area (Å²) in [4.78, 5) is 26.8. The molecular weight excluding hydrogens is 314 g/mol. The highest BCUT2D eigenvalue weighted by molar-refractivity contribution is 6.31. The fourth-order valence-corrected chi connectivity index (χ4v) is 2.91. The number of carbonyl (C=O) groups is 1. The van der Waals surface area contributed by atoms with Gasteiger partial charge in [-0.2, -0.15) is 0 Å². The Morgan fingerprint density at radius 2 is 1.91 bits per heavy atom. The molecule has 1 N–H and O–H groups in total. The van der Waals surface area contributed by atoms with Crippen molar-refractivity contribution in [3.05, 3.63) is 69.5 Å². The zero-order valence-corrected chi connectivity index (χ0v) is 12.6. The Bertz CT molecular complexity index is 1120. The maximum atomic E-state index is 12.7. The lowest BCUT2D eigenvalue weighted by molar-refractivity contribution is 0.110. The van der Waals surface area contributed by atoms with Gasteiger partial charge in [0.2, 0.25) is 0 Å². The van der Waals surface area contributed by atoms with Crippen LogP contribution >= 0.6 is 11.6 Å². The Hall–Kier alpha value is -2.85. The number of benzene rings is 2. The number of hydrogen-bond donors (Lipinski definition) is 1. The van der Waals surface area contributed by atoms with E-state index in [2.05, 4.69) is 4.98 Å². The van der Waals surface area contributed by atoms with Crippen LogP contribution < -0.4 is 5.43 Å². The first-order valence-electron chi connectivity index (χ1n) is 6.97. The number of carbonyl (C=O) groups excluding carboxylic acids is 1. The number of pyridine rings is 1. The van der Waals surface area contributed by atoms with Crippen molar-refractivity contribution in [3.8, 4) is 11.3 Å². The molecule has 0 saturated heterocycles. The second kappa shape index (κ2) is 5.11. The predicted octanol–water partition coefficient (Wildman–Crippen LogP) is 4.41. The molecule has 0 bridgehead atoms. The van der Waals surface area contributed by atoms with E-state index in [0.29, 0.717) is 38.9 Å². The number of furan rings is 1. The molecule has 23 heavy (non-hydrogen) atoms. The summed E-state index contributed by atoms with van der Waals surface area (Å²) in [6.45, 7) is 0. The monoisotopic (exact) mass is 323 g/mol. The highest BCUT2D eigenvalue weighted by Gasteiger charge is 2.12. The van der Waals surface area contributed by atoms with Gasteiger partial charge in [-0.1, -0.05) is 17.7 Å². The maximum Gasteiger partial charge on any atom is 0.197 e. The lowest BCUT2D eigenvalue weighted by atomic mass is 10.0. The van der Waals surface area contributed by atoms with E-state index in [9.17, 15) is 9.59 Å². The highest BCUT2D eigenvalue weighted by Crippen LogP contribution is 2.29. The first kappa shape index (κ1) is 13.8. The third-order valence-corrected chi connectivity index (χ3v) is 4.04. The van der Waals surface area contributed by atoms with Crippen molar-refractivity contribution >= 4 is 39.7 Å². The van der Waals surface area contributed by atoms with Gasteiger partial charge in [0.1, 0.15) is 5.76 Å². The normalized spacial score (nSPS) is 11.2. The Labute approximate surface area is 135 Å². The van der Waals surface area contributed by atoms with Gasteiger partial charge in [0, 0.05) is 26.9 Å². The van der Waals surface area contributed by atoms with Crippen LogP contribution in [0.25, 0.3) is 33.1 Å². The topological polar surface area (TPSA) is 63.1 Å². The van der Waals surface area contributed by atoms with Gasteiger partial charge in [0.25, 0.3) is 0 Å². The number of para-hydroxylation sites is 1. The first-order chi connectivity index (χ1) is 11.2. The molecule has 0 radical (unpaired) electrons. The minimum atomic E-state index is -0.0970. The fourth-order valence-electron chi connectivity index (χ4n) is 2.74. The number of nitrogens with one attached hydrogen (secondary N) is 1. The quantitative estimate of drug-likeness (QED) is 0.439. The second-order valence-corrected chi connectivity index (χ2v) is 5.63. The van der Waals surface area contributed by atoms with E-state index in [0.717, 1.165) is 5.56 Å². The minimum absolute atomic E-state index is 0.0970. The Morgan fingerprint density at radius 3 is 2.70 bits per heavy atom. The molecule has 0 saturated carbocycles. The van der Waals surface area contributed by atoms with E-state index in [1.165, 1.54) is 0 Å². The van der Waals surface area contributed by atoms with Crippen molar-refractivity contribution in [1.29, 1.82) is 0 Å². The molecule has 4 rings (SSSR count). The van der Waals surface area contributed by atoms with Gasteiger partial charge in [0.05, 0.1) is 5.52 Å². The summed E-state index contributed by atoms with van der Waals surface area (Å²) in [7, 11) is 0. The van der Waals surface area contributed by atoms with Gasteiger partial charge in [-0.05, 0) is 42.5 Å². The summed E-state index contributed by atoms with van der Waals surface area (Å²) in [5, 5.41) is 1.59. The molecule has 0 unspecified atom stereocenters. The third kappa shape index (κ3) is 2.15. The molecule has 5 heteroatoms. The number of fused-ring (bicyclic) bond motifs is 2. The summed E-state index contributed by atoms with van der Waals surface area (Å²) in [5.41, 5.74) is 1.99. The van der Waals surface area contributed by atoms with Crippen molar-refractivity contribution in [2.24, 2.45) is 0 Å². The highest BCUT2D eigenvalue weighted by atomic mass is 35.5. The van der Waals surface area contributed by atoms with Gasteiger partial charge >= 0.3 is 0 Å². The van der Waals surface area contributed by atoms with E-state index in [1.54, 1.807) is 42.5 Å². The summed E-state index contributed by atoms with van der Waals surface area (Å²) in [5.74, 6) is 0.772. The van der Waals surface area contributed by atoms with E-state index in [-0.39, 0.29) is 11.2 Å². The van der Waals surface area contributed by atoms with Gasteiger partial charge in [-0.25, -0.2) is 0 Å². The molecule has 0 aliphatic carbocycles. The molecule has 112 valence electrons. The average Bonchev–Trinajstić information content (AvgIpc) is 3.04. The summed E-state index contributed by atoms with van der Waals surface area (Å²) < 4.78 is 5.49. The predicted molar refractivity (Wildman–Crippen MR) is 90.2 cm³/mol. The number of aldehydes is 1. The molecule has 4 aromatic rings. The molecule has 2 aromatic heterocycles. The molecule has 0 atom stereocenters. The van der Waals surface area contributed by atoms with Crippen molar-refractivity contribution in [3.63, 3.8) is 0 Å². The van der Waals surface area contributed by atoms with Crippen LogP contribution in [0, 0.1) is 0 Å². The molecule has 0 spiro atoms. The zero-order valence-electron chi connectivity index (χ0n) is 11.8. The number of aromatic amines is 1. The Morgan fingerprint density at radius 1 is 1.04 bits per heavy atom. The number of rotatable bonds is 2. The lowest BCUT2D eigenvalue weighted by Crippen LogP contribution is -2.04.